The van der Waals surface area contributed by atoms with Gasteiger partial charge in [0.25, 0.3) is 0 Å². The van der Waals surface area contributed by atoms with Gasteiger partial charge in [0.2, 0.25) is 0 Å². The molecule has 6 heteroatoms. The Hall–Kier alpha value is -1.30. The Morgan fingerprint density at radius 2 is 2.06 bits per heavy atom. The van der Waals surface area contributed by atoms with Gasteiger partial charge in [-0.05, 0) is 19.0 Å². The summed E-state index contributed by atoms with van der Waals surface area (Å²) in [6.07, 6.45) is -3.52. The zero-order valence-electron chi connectivity index (χ0n) is 9.35. The number of hydrogen-bond acceptors (Lipinski definition) is 2. The molecule has 1 aromatic carbocycles. The van der Waals surface area contributed by atoms with Crippen LogP contribution in [-0.4, -0.2) is 12.6 Å². The fourth-order valence-corrected chi connectivity index (χ4v) is 2.58. The molecule has 2 heterocycles. The molecule has 0 saturated carbocycles. The second kappa shape index (κ2) is 3.85. The number of halogens is 4. The summed E-state index contributed by atoms with van der Waals surface area (Å²) in [6.45, 7) is 0.734. The van der Waals surface area contributed by atoms with Gasteiger partial charge in [-0.2, -0.15) is 13.2 Å². The molecule has 2 unspecified atom stereocenters. The van der Waals surface area contributed by atoms with E-state index in [4.69, 9.17) is 4.74 Å². The minimum atomic E-state index is -4.69. The molecule has 1 aromatic rings. The minimum Gasteiger partial charge on any atom is -0.487 e. The van der Waals surface area contributed by atoms with Gasteiger partial charge in [-0.15, -0.1) is 0 Å². The van der Waals surface area contributed by atoms with Crippen molar-refractivity contribution in [3.63, 3.8) is 0 Å². The molecule has 98 valence electrons. The van der Waals surface area contributed by atoms with E-state index in [-0.39, 0.29) is 17.9 Å². The van der Waals surface area contributed by atoms with Gasteiger partial charge in [0.15, 0.2) is 11.6 Å². The van der Waals surface area contributed by atoms with E-state index >= 15 is 0 Å². The van der Waals surface area contributed by atoms with E-state index in [9.17, 15) is 17.6 Å². The lowest BCUT2D eigenvalue weighted by atomic mass is 9.91. The van der Waals surface area contributed by atoms with Gasteiger partial charge >= 0.3 is 6.18 Å². The molecule has 0 spiro atoms. The molecule has 1 N–H and O–H groups in total. The van der Waals surface area contributed by atoms with Crippen LogP contribution in [0.5, 0.6) is 5.75 Å². The summed E-state index contributed by atoms with van der Waals surface area (Å²) in [5.74, 6) is -1.53. The highest BCUT2D eigenvalue weighted by Gasteiger charge is 2.40. The van der Waals surface area contributed by atoms with Crippen LogP contribution >= 0.6 is 0 Å². The molecule has 2 atom stereocenters. The zero-order valence-corrected chi connectivity index (χ0v) is 9.35. The molecule has 3 rings (SSSR count). The summed E-state index contributed by atoms with van der Waals surface area (Å²) in [7, 11) is 0. The van der Waals surface area contributed by atoms with Gasteiger partial charge in [-0.3, -0.25) is 0 Å². The molecule has 2 nitrogen and oxygen atoms in total. The molecule has 2 bridgehead atoms. The Balaban J connectivity index is 2.10. The van der Waals surface area contributed by atoms with Gasteiger partial charge in [-0.25, -0.2) is 4.39 Å². The van der Waals surface area contributed by atoms with E-state index in [1.165, 1.54) is 6.07 Å². The SMILES string of the molecule is Fc1c(C(F)(F)F)ccc2c1OC1CCNC2C1. The van der Waals surface area contributed by atoms with E-state index in [1.807, 2.05) is 0 Å². The Morgan fingerprint density at radius 1 is 1.28 bits per heavy atom. The lowest BCUT2D eigenvalue weighted by Gasteiger charge is -2.37. The largest absolute Gasteiger partial charge is 0.487 e. The highest BCUT2D eigenvalue weighted by molar-refractivity contribution is 5.44. The summed E-state index contributed by atoms with van der Waals surface area (Å²) in [5, 5.41) is 3.16. The van der Waals surface area contributed by atoms with Gasteiger partial charge in [0.05, 0.1) is 5.56 Å². The number of piperidine rings is 1. The molecular formula is C12H11F4NO. The van der Waals surface area contributed by atoms with E-state index in [2.05, 4.69) is 5.32 Å². The summed E-state index contributed by atoms with van der Waals surface area (Å²) in [4.78, 5) is 0. The van der Waals surface area contributed by atoms with Crippen molar-refractivity contribution in [1.29, 1.82) is 0 Å². The third-order valence-electron chi connectivity index (χ3n) is 3.45. The van der Waals surface area contributed by atoms with Gasteiger partial charge < -0.3 is 10.1 Å². The number of rotatable bonds is 0. The molecule has 1 saturated heterocycles. The number of hydrogen-bond donors (Lipinski definition) is 1. The second-order valence-corrected chi connectivity index (χ2v) is 4.61. The predicted molar refractivity (Wildman–Crippen MR) is 55.8 cm³/mol. The van der Waals surface area contributed by atoms with Crippen molar-refractivity contribution < 1.29 is 22.3 Å². The Labute approximate surface area is 101 Å². The topological polar surface area (TPSA) is 21.3 Å². The first-order valence-corrected chi connectivity index (χ1v) is 5.76. The zero-order chi connectivity index (χ0) is 12.9. The predicted octanol–water partition coefficient (Wildman–Crippen LogP) is 3.03. The molecule has 1 fully saturated rings. The summed E-state index contributed by atoms with van der Waals surface area (Å²) >= 11 is 0. The third-order valence-corrected chi connectivity index (χ3v) is 3.45. The van der Waals surface area contributed by atoms with Crippen molar-refractivity contribution in [3.8, 4) is 5.75 Å². The lowest BCUT2D eigenvalue weighted by Crippen LogP contribution is -2.41. The molecule has 2 aliphatic heterocycles. The fourth-order valence-electron chi connectivity index (χ4n) is 2.58. The van der Waals surface area contributed by atoms with E-state index in [1.54, 1.807) is 0 Å². The van der Waals surface area contributed by atoms with Crippen LogP contribution in [-0.2, 0) is 6.18 Å². The second-order valence-electron chi connectivity index (χ2n) is 4.61. The molecule has 18 heavy (non-hydrogen) atoms. The Bertz CT molecular complexity index is 486. The van der Waals surface area contributed by atoms with Crippen LogP contribution in [0, 0.1) is 5.82 Å². The van der Waals surface area contributed by atoms with Crippen LogP contribution in [0.4, 0.5) is 17.6 Å². The van der Waals surface area contributed by atoms with Crippen molar-refractivity contribution >= 4 is 0 Å². The van der Waals surface area contributed by atoms with Gasteiger partial charge in [0.1, 0.15) is 6.10 Å². The van der Waals surface area contributed by atoms with Crippen molar-refractivity contribution in [2.24, 2.45) is 0 Å². The number of alkyl halides is 3. The maximum absolute atomic E-state index is 13.9. The Morgan fingerprint density at radius 3 is 2.78 bits per heavy atom. The van der Waals surface area contributed by atoms with Crippen LogP contribution in [0.1, 0.15) is 30.0 Å². The number of ether oxygens (including phenoxy) is 1. The van der Waals surface area contributed by atoms with Crippen LogP contribution in [0.15, 0.2) is 12.1 Å². The van der Waals surface area contributed by atoms with E-state index in [0.717, 1.165) is 12.6 Å². The number of nitrogens with one attached hydrogen (secondary N) is 1. The van der Waals surface area contributed by atoms with Crippen molar-refractivity contribution in [2.75, 3.05) is 6.54 Å². The molecule has 0 aliphatic carbocycles. The Kier molecular flexibility index (Phi) is 2.52. The maximum Gasteiger partial charge on any atom is 0.419 e. The fraction of sp³-hybridized carbons (Fsp3) is 0.500. The van der Waals surface area contributed by atoms with Gasteiger partial charge in [-0.1, -0.05) is 6.07 Å². The average Bonchev–Trinajstić information content (AvgIpc) is 2.29. The molecule has 2 aliphatic rings. The standard InChI is InChI=1S/C12H11F4NO/c13-10-8(12(14,15)16)2-1-7-9-5-6(3-4-17-9)18-11(7)10/h1-2,6,9,17H,3-5H2. The first kappa shape index (κ1) is 11.8. The molecule has 0 aromatic heterocycles. The minimum absolute atomic E-state index is 0.107. The van der Waals surface area contributed by atoms with Crippen LogP contribution in [0.3, 0.4) is 0 Å². The highest BCUT2D eigenvalue weighted by atomic mass is 19.4. The van der Waals surface area contributed by atoms with Crippen LogP contribution < -0.4 is 10.1 Å². The van der Waals surface area contributed by atoms with E-state index in [0.29, 0.717) is 18.4 Å². The summed E-state index contributed by atoms with van der Waals surface area (Å²) < 4.78 is 57.0. The molecule has 0 amide bonds. The lowest BCUT2D eigenvalue weighted by molar-refractivity contribution is -0.140. The van der Waals surface area contributed by atoms with Crippen molar-refractivity contribution in [1.82, 2.24) is 5.32 Å². The van der Waals surface area contributed by atoms with Crippen molar-refractivity contribution in [3.05, 3.63) is 29.1 Å². The van der Waals surface area contributed by atoms with Crippen LogP contribution in [0.2, 0.25) is 0 Å². The quantitative estimate of drug-likeness (QED) is 0.725. The highest BCUT2D eigenvalue weighted by Crippen LogP contribution is 2.43. The smallest absolute Gasteiger partial charge is 0.419 e. The molecule has 0 radical (unpaired) electrons. The summed E-state index contributed by atoms with van der Waals surface area (Å²) in [5.41, 5.74) is -0.780. The number of benzene rings is 1. The third kappa shape index (κ3) is 1.75. The normalized spacial score (nSPS) is 26.4. The van der Waals surface area contributed by atoms with Crippen molar-refractivity contribution in [2.45, 2.75) is 31.2 Å². The first-order chi connectivity index (χ1) is 8.47. The first-order valence-electron chi connectivity index (χ1n) is 5.76. The average molecular weight is 261 g/mol. The van der Waals surface area contributed by atoms with E-state index < -0.39 is 17.6 Å². The monoisotopic (exact) mass is 261 g/mol. The molecular weight excluding hydrogens is 250 g/mol. The number of fused-ring (bicyclic) bond motifs is 4. The summed E-state index contributed by atoms with van der Waals surface area (Å²) in [6, 6.07) is 1.98. The van der Waals surface area contributed by atoms with Gasteiger partial charge in [0, 0.05) is 18.0 Å². The maximum atomic E-state index is 13.9. The van der Waals surface area contributed by atoms with Crippen LogP contribution in [0.25, 0.3) is 0 Å².